The molecule has 3 unspecified atom stereocenters. The van der Waals surface area contributed by atoms with Crippen LogP contribution in [-0.4, -0.2) is 23.0 Å². The molecule has 1 aliphatic carbocycles. The zero-order valence-electron chi connectivity index (χ0n) is 12.4. The van der Waals surface area contributed by atoms with Gasteiger partial charge in [-0.25, -0.2) is 0 Å². The molecule has 0 saturated carbocycles. The highest BCUT2D eigenvalue weighted by Gasteiger charge is 2.39. The van der Waals surface area contributed by atoms with E-state index in [4.69, 9.17) is 0 Å². The van der Waals surface area contributed by atoms with Crippen LogP contribution in [0.2, 0.25) is 0 Å². The van der Waals surface area contributed by atoms with Crippen LogP contribution in [0.1, 0.15) is 36.6 Å². The molecule has 108 valence electrons. The SMILES string of the molecule is C1=CC2CC3c4[nH]c5ccccc5c4CCN3CC2CC1. The molecule has 2 nitrogen and oxygen atoms in total. The fraction of sp³-hybridized carbons (Fsp3) is 0.474. The lowest BCUT2D eigenvalue weighted by atomic mass is 9.74. The van der Waals surface area contributed by atoms with Gasteiger partial charge in [-0.2, -0.15) is 0 Å². The Hall–Kier alpha value is -1.54. The van der Waals surface area contributed by atoms with E-state index in [9.17, 15) is 0 Å². The molecule has 0 bridgehead atoms. The quantitative estimate of drug-likeness (QED) is 0.720. The Balaban J connectivity index is 1.59. The van der Waals surface area contributed by atoms with Crippen LogP contribution in [0.25, 0.3) is 10.9 Å². The molecule has 1 saturated heterocycles. The van der Waals surface area contributed by atoms with E-state index in [0.29, 0.717) is 6.04 Å². The third kappa shape index (κ3) is 1.75. The van der Waals surface area contributed by atoms with E-state index in [1.54, 1.807) is 5.56 Å². The second kappa shape index (κ2) is 4.48. The van der Waals surface area contributed by atoms with E-state index >= 15 is 0 Å². The van der Waals surface area contributed by atoms with Gasteiger partial charge in [-0.3, -0.25) is 4.90 Å². The third-order valence-electron chi connectivity index (χ3n) is 5.93. The molecule has 0 radical (unpaired) electrons. The summed E-state index contributed by atoms with van der Waals surface area (Å²) in [6, 6.07) is 9.44. The minimum absolute atomic E-state index is 0.616. The molecule has 1 aromatic carbocycles. The van der Waals surface area contributed by atoms with Gasteiger partial charge in [0.05, 0.1) is 6.04 Å². The summed E-state index contributed by atoms with van der Waals surface area (Å²) in [5.41, 5.74) is 4.43. The van der Waals surface area contributed by atoms with Crippen molar-refractivity contribution in [3.05, 3.63) is 47.7 Å². The first-order chi connectivity index (χ1) is 10.4. The van der Waals surface area contributed by atoms with E-state index in [0.717, 1.165) is 11.8 Å². The topological polar surface area (TPSA) is 19.0 Å². The zero-order valence-corrected chi connectivity index (χ0v) is 12.4. The third-order valence-corrected chi connectivity index (χ3v) is 5.93. The lowest BCUT2D eigenvalue weighted by Gasteiger charge is -2.46. The van der Waals surface area contributed by atoms with Crippen molar-refractivity contribution in [1.82, 2.24) is 9.88 Å². The second-order valence-corrected chi connectivity index (χ2v) is 6.99. The van der Waals surface area contributed by atoms with Crippen molar-refractivity contribution in [3.63, 3.8) is 0 Å². The molecule has 3 aliphatic rings. The van der Waals surface area contributed by atoms with Gasteiger partial charge in [0.15, 0.2) is 0 Å². The smallest absolute Gasteiger partial charge is 0.0507 e. The minimum Gasteiger partial charge on any atom is -0.357 e. The summed E-state index contributed by atoms with van der Waals surface area (Å²) in [6.07, 6.45) is 10.1. The number of nitrogens with zero attached hydrogens (tertiary/aromatic N) is 1. The van der Waals surface area contributed by atoms with Crippen LogP contribution < -0.4 is 0 Å². The summed E-state index contributed by atoms with van der Waals surface area (Å²) in [5, 5.41) is 1.45. The van der Waals surface area contributed by atoms with Gasteiger partial charge in [0, 0.05) is 29.7 Å². The summed E-state index contributed by atoms with van der Waals surface area (Å²) in [7, 11) is 0. The molecule has 0 amide bonds. The van der Waals surface area contributed by atoms with Gasteiger partial charge < -0.3 is 4.98 Å². The normalized spacial score (nSPS) is 31.7. The molecule has 1 N–H and O–H groups in total. The van der Waals surface area contributed by atoms with Crippen LogP contribution in [0.15, 0.2) is 36.4 Å². The van der Waals surface area contributed by atoms with Gasteiger partial charge in [0.2, 0.25) is 0 Å². The highest BCUT2D eigenvalue weighted by atomic mass is 15.2. The lowest BCUT2D eigenvalue weighted by Crippen LogP contribution is -2.46. The summed E-state index contributed by atoms with van der Waals surface area (Å²) < 4.78 is 0. The molecule has 2 aliphatic heterocycles. The van der Waals surface area contributed by atoms with Crippen molar-refractivity contribution < 1.29 is 0 Å². The zero-order chi connectivity index (χ0) is 13.8. The number of rotatable bonds is 0. The first-order valence-electron chi connectivity index (χ1n) is 8.40. The Labute approximate surface area is 125 Å². The number of hydrogen-bond donors (Lipinski definition) is 1. The molecule has 1 aromatic heterocycles. The van der Waals surface area contributed by atoms with Gasteiger partial charge in [-0.1, -0.05) is 30.4 Å². The maximum absolute atomic E-state index is 3.74. The van der Waals surface area contributed by atoms with Gasteiger partial charge >= 0.3 is 0 Å². The molecular weight excluding hydrogens is 256 g/mol. The summed E-state index contributed by atoms with van der Waals surface area (Å²) >= 11 is 0. The van der Waals surface area contributed by atoms with Crippen molar-refractivity contribution >= 4 is 10.9 Å². The predicted molar refractivity (Wildman–Crippen MR) is 86.3 cm³/mol. The fourth-order valence-electron chi connectivity index (χ4n) is 4.86. The van der Waals surface area contributed by atoms with Crippen molar-refractivity contribution in [2.75, 3.05) is 13.1 Å². The van der Waals surface area contributed by atoms with Gasteiger partial charge in [0.25, 0.3) is 0 Å². The Morgan fingerprint density at radius 2 is 2.14 bits per heavy atom. The molecular formula is C19H22N2. The molecule has 21 heavy (non-hydrogen) atoms. The largest absolute Gasteiger partial charge is 0.357 e. The van der Waals surface area contributed by atoms with Crippen LogP contribution in [0.3, 0.4) is 0 Å². The van der Waals surface area contributed by atoms with Gasteiger partial charge in [0.1, 0.15) is 0 Å². The Bertz CT molecular complexity index is 711. The van der Waals surface area contributed by atoms with Crippen LogP contribution in [0.4, 0.5) is 0 Å². The number of nitrogens with one attached hydrogen (secondary N) is 1. The van der Waals surface area contributed by atoms with Crippen LogP contribution >= 0.6 is 0 Å². The predicted octanol–water partition coefficient (Wildman–Crippen LogP) is 4.05. The molecule has 2 heteroatoms. The van der Waals surface area contributed by atoms with Crippen molar-refractivity contribution in [2.24, 2.45) is 11.8 Å². The molecule has 1 fully saturated rings. The molecule has 0 spiro atoms. The van der Waals surface area contributed by atoms with E-state index in [2.05, 4.69) is 46.3 Å². The number of H-pyrrole nitrogens is 1. The molecule has 5 rings (SSSR count). The van der Waals surface area contributed by atoms with Gasteiger partial charge in [-0.15, -0.1) is 0 Å². The number of fused-ring (bicyclic) bond motifs is 6. The molecule has 2 aromatic rings. The van der Waals surface area contributed by atoms with Crippen LogP contribution in [0, 0.1) is 11.8 Å². The fourth-order valence-corrected chi connectivity index (χ4v) is 4.86. The average molecular weight is 278 g/mol. The summed E-state index contributed by atoms with van der Waals surface area (Å²) in [5.74, 6) is 1.70. The second-order valence-electron chi connectivity index (χ2n) is 6.99. The molecule has 3 heterocycles. The number of aromatic amines is 1. The highest BCUT2D eigenvalue weighted by molar-refractivity contribution is 5.85. The number of aromatic nitrogens is 1. The average Bonchev–Trinajstić information content (AvgIpc) is 2.92. The Kier molecular flexibility index (Phi) is 2.57. The maximum atomic E-state index is 3.74. The van der Waals surface area contributed by atoms with E-state index in [1.807, 2.05) is 0 Å². The Morgan fingerprint density at radius 1 is 1.19 bits per heavy atom. The summed E-state index contributed by atoms with van der Waals surface area (Å²) in [4.78, 5) is 6.49. The lowest BCUT2D eigenvalue weighted by molar-refractivity contribution is 0.0630. The minimum atomic E-state index is 0.616. The van der Waals surface area contributed by atoms with E-state index in [1.165, 1.54) is 55.4 Å². The summed E-state index contributed by atoms with van der Waals surface area (Å²) in [6.45, 7) is 2.54. The van der Waals surface area contributed by atoms with Crippen molar-refractivity contribution in [1.29, 1.82) is 0 Å². The van der Waals surface area contributed by atoms with E-state index < -0.39 is 0 Å². The number of allylic oxidation sites excluding steroid dienone is 2. The van der Waals surface area contributed by atoms with Crippen molar-refractivity contribution in [2.45, 2.75) is 31.7 Å². The molecule has 3 atom stereocenters. The number of benzene rings is 1. The number of piperidine rings is 1. The van der Waals surface area contributed by atoms with Crippen molar-refractivity contribution in [3.8, 4) is 0 Å². The number of hydrogen-bond acceptors (Lipinski definition) is 1. The van der Waals surface area contributed by atoms with E-state index in [-0.39, 0.29) is 0 Å². The first kappa shape index (κ1) is 12.0. The maximum Gasteiger partial charge on any atom is 0.0507 e. The van der Waals surface area contributed by atoms with Crippen LogP contribution in [0.5, 0.6) is 0 Å². The standard InChI is InChI=1S/C19H22N2/c1-2-6-14-12-21-10-9-16-15-7-3-4-8-17(15)20-19(16)18(21)11-13(14)5-1/h1,3-5,7-8,13-14,18,20H,2,6,9-12H2. The van der Waals surface area contributed by atoms with Gasteiger partial charge in [-0.05, 0) is 49.1 Å². The monoisotopic (exact) mass is 278 g/mol. The highest BCUT2D eigenvalue weighted by Crippen LogP contribution is 2.45. The Morgan fingerprint density at radius 3 is 3.14 bits per heavy atom. The number of para-hydroxylation sites is 1. The first-order valence-corrected chi connectivity index (χ1v) is 8.40. The van der Waals surface area contributed by atoms with Crippen LogP contribution in [-0.2, 0) is 6.42 Å².